The minimum Gasteiger partial charge on any atom is -0.326 e. The third-order valence-electron chi connectivity index (χ3n) is 2.79. The predicted octanol–water partition coefficient (Wildman–Crippen LogP) is 2.33. The lowest BCUT2D eigenvalue weighted by Crippen LogP contribution is -2.23. The van der Waals surface area contributed by atoms with Crippen LogP contribution < -0.4 is 10.6 Å². The van der Waals surface area contributed by atoms with Crippen LogP contribution in [0.3, 0.4) is 0 Å². The highest BCUT2D eigenvalue weighted by atomic mass is 35.5. The molecule has 1 aliphatic rings. The Morgan fingerprint density at radius 2 is 2.21 bits per heavy atom. The van der Waals surface area contributed by atoms with E-state index in [4.69, 9.17) is 11.6 Å². The molecule has 0 aromatic heterocycles. The van der Waals surface area contributed by atoms with Crippen molar-refractivity contribution in [1.29, 1.82) is 0 Å². The first-order valence-corrected chi connectivity index (χ1v) is 6.41. The quantitative estimate of drug-likeness (QED) is 0.620. The van der Waals surface area contributed by atoms with Crippen molar-refractivity contribution in [2.24, 2.45) is 0 Å². The highest BCUT2D eigenvalue weighted by molar-refractivity contribution is 6.33. The average Bonchev–Trinajstić information content (AvgIpc) is 3.12. The first kappa shape index (κ1) is 13.8. The van der Waals surface area contributed by atoms with Gasteiger partial charge in [-0.05, 0) is 25.0 Å². The second kappa shape index (κ2) is 5.99. The number of nitrogens with zero attached hydrogens (tertiary/aromatic N) is 1. The Balaban J connectivity index is 1.85. The highest BCUT2D eigenvalue weighted by Gasteiger charge is 2.20. The molecule has 0 atom stereocenters. The molecule has 0 radical (unpaired) electrons. The number of carbonyl (C=O) groups is 1. The van der Waals surface area contributed by atoms with Gasteiger partial charge in [-0.25, -0.2) is 0 Å². The van der Waals surface area contributed by atoms with E-state index in [0.717, 1.165) is 0 Å². The Kier molecular flexibility index (Phi) is 4.34. The van der Waals surface area contributed by atoms with Crippen molar-refractivity contribution < 1.29 is 9.72 Å². The smallest absolute Gasteiger partial charge is 0.288 e. The minimum atomic E-state index is -0.562. The Morgan fingerprint density at radius 3 is 2.79 bits per heavy atom. The van der Waals surface area contributed by atoms with Crippen LogP contribution in [0.15, 0.2) is 18.2 Å². The number of carbonyl (C=O) groups excluding carboxylic acids is 1. The lowest BCUT2D eigenvalue weighted by atomic mass is 10.2. The third-order valence-corrected chi connectivity index (χ3v) is 3.09. The van der Waals surface area contributed by atoms with Gasteiger partial charge in [0.25, 0.3) is 5.69 Å². The van der Waals surface area contributed by atoms with E-state index in [1.807, 2.05) is 0 Å². The van der Waals surface area contributed by atoms with E-state index in [2.05, 4.69) is 10.6 Å². The van der Waals surface area contributed by atoms with E-state index >= 15 is 0 Å². The number of amides is 1. The average molecular weight is 284 g/mol. The first-order valence-electron chi connectivity index (χ1n) is 6.03. The summed E-state index contributed by atoms with van der Waals surface area (Å²) in [5.41, 5.74) is 0.294. The maximum Gasteiger partial charge on any atom is 0.288 e. The Labute approximate surface area is 115 Å². The minimum absolute atomic E-state index is 0.0129. The molecule has 0 saturated heterocycles. The van der Waals surface area contributed by atoms with Gasteiger partial charge < -0.3 is 10.6 Å². The number of hydrogen-bond donors (Lipinski definition) is 2. The molecule has 7 heteroatoms. The van der Waals surface area contributed by atoms with Gasteiger partial charge in [-0.1, -0.05) is 11.6 Å². The standard InChI is InChI=1S/C12H14ClN3O3/c13-10-7-9(3-4-11(10)16(18)19)15-12(17)5-6-14-8-1-2-8/h3-4,7-8,14H,1-2,5-6H2,(H,15,17). The molecule has 102 valence electrons. The molecule has 19 heavy (non-hydrogen) atoms. The van der Waals surface area contributed by atoms with Gasteiger partial charge >= 0.3 is 0 Å². The molecule has 1 saturated carbocycles. The van der Waals surface area contributed by atoms with Crippen LogP contribution in [-0.2, 0) is 4.79 Å². The topological polar surface area (TPSA) is 84.3 Å². The lowest BCUT2D eigenvalue weighted by molar-refractivity contribution is -0.384. The molecule has 2 N–H and O–H groups in total. The van der Waals surface area contributed by atoms with Crippen LogP contribution in [0.4, 0.5) is 11.4 Å². The fourth-order valence-electron chi connectivity index (χ4n) is 1.63. The van der Waals surface area contributed by atoms with Crippen molar-refractivity contribution in [2.75, 3.05) is 11.9 Å². The highest BCUT2D eigenvalue weighted by Crippen LogP contribution is 2.27. The number of nitro benzene ring substituents is 1. The molecule has 0 unspecified atom stereocenters. The number of nitro groups is 1. The van der Waals surface area contributed by atoms with E-state index in [1.54, 1.807) is 0 Å². The molecule has 0 heterocycles. The van der Waals surface area contributed by atoms with Crippen molar-refractivity contribution in [3.63, 3.8) is 0 Å². The molecule has 2 rings (SSSR count). The summed E-state index contributed by atoms with van der Waals surface area (Å²) in [6.07, 6.45) is 2.73. The van der Waals surface area contributed by atoms with E-state index in [1.165, 1.54) is 31.0 Å². The summed E-state index contributed by atoms with van der Waals surface area (Å²) in [4.78, 5) is 21.6. The summed E-state index contributed by atoms with van der Waals surface area (Å²) in [6, 6.07) is 4.70. The number of anilines is 1. The predicted molar refractivity (Wildman–Crippen MR) is 72.4 cm³/mol. The number of hydrogen-bond acceptors (Lipinski definition) is 4. The maximum atomic E-state index is 11.6. The molecule has 1 amide bonds. The molecular weight excluding hydrogens is 270 g/mol. The van der Waals surface area contributed by atoms with Gasteiger partial charge in [-0.15, -0.1) is 0 Å². The van der Waals surface area contributed by atoms with Gasteiger partial charge in [0, 0.05) is 30.8 Å². The Hall–Kier alpha value is -1.66. The summed E-state index contributed by atoms with van der Waals surface area (Å²) in [7, 11) is 0. The Bertz CT molecular complexity index is 503. The summed E-state index contributed by atoms with van der Waals surface area (Å²) >= 11 is 5.76. The molecule has 6 nitrogen and oxygen atoms in total. The van der Waals surface area contributed by atoms with Gasteiger partial charge in [0.2, 0.25) is 5.91 Å². The van der Waals surface area contributed by atoms with Crippen LogP contribution in [0.5, 0.6) is 0 Å². The van der Waals surface area contributed by atoms with Crippen LogP contribution in [0, 0.1) is 10.1 Å². The van der Waals surface area contributed by atoms with Crippen molar-refractivity contribution in [1.82, 2.24) is 5.32 Å². The summed E-state index contributed by atoms with van der Waals surface area (Å²) in [5, 5.41) is 16.5. The fraction of sp³-hybridized carbons (Fsp3) is 0.417. The van der Waals surface area contributed by atoms with Gasteiger partial charge in [-0.2, -0.15) is 0 Å². The molecule has 0 aliphatic heterocycles. The number of halogens is 1. The monoisotopic (exact) mass is 283 g/mol. The van der Waals surface area contributed by atoms with Crippen LogP contribution in [0.2, 0.25) is 5.02 Å². The summed E-state index contributed by atoms with van der Waals surface area (Å²) < 4.78 is 0. The number of rotatable bonds is 6. The summed E-state index contributed by atoms with van der Waals surface area (Å²) in [6.45, 7) is 0.636. The van der Waals surface area contributed by atoms with Gasteiger partial charge in [0.1, 0.15) is 5.02 Å². The van der Waals surface area contributed by atoms with Crippen LogP contribution in [-0.4, -0.2) is 23.4 Å². The molecule has 1 aromatic rings. The summed E-state index contributed by atoms with van der Waals surface area (Å²) in [5.74, 6) is -0.141. The first-order chi connectivity index (χ1) is 9.06. The largest absolute Gasteiger partial charge is 0.326 e. The van der Waals surface area contributed by atoms with Gasteiger partial charge in [-0.3, -0.25) is 14.9 Å². The van der Waals surface area contributed by atoms with Crippen LogP contribution >= 0.6 is 11.6 Å². The second-order valence-electron chi connectivity index (χ2n) is 4.45. The zero-order valence-electron chi connectivity index (χ0n) is 10.2. The third kappa shape index (κ3) is 4.18. The molecule has 1 fully saturated rings. The van der Waals surface area contributed by atoms with Crippen molar-refractivity contribution in [3.8, 4) is 0 Å². The fourth-order valence-corrected chi connectivity index (χ4v) is 1.88. The van der Waals surface area contributed by atoms with Crippen LogP contribution in [0.25, 0.3) is 0 Å². The molecule has 1 aromatic carbocycles. The lowest BCUT2D eigenvalue weighted by Gasteiger charge is -2.06. The second-order valence-corrected chi connectivity index (χ2v) is 4.86. The maximum absolute atomic E-state index is 11.6. The SMILES string of the molecule is O=C(CCNC1CC1)Nc1ccc([N+](=O)[O-])c(Cl)c1. The molecule has 0 spiro atoms. The van der Waals surface area contributed by atoms with E-state index < -0.39 is 4.92 Å². The zero-order chi connectivity index (χ0) is 13.8. The van der Waals surface area contributed by atoms with E-state index in [9.17, 15) is 14.9 Å². The zero-order valence-corrected chi connectivity index (χ0v) is 10.9. The normalized spacial score (nSPS) is 14.2. The van der Waals surface area contributed by atoms with Crippen LogP contribution in [0.1, 0.15) is 19.3 Å². The molecule has 1 aliphatic carbocycles. The van der Waals surface area contributed by atoms with E-state index in [-0.39, 0.29) is 16.6 Å². The van der Waals surface area contributed by atoms with Gasteiger partial charge in [0.05, 0.1) is 4.92 Å². The molecule has 0 bridgehead atoms. The van der Waals surface area contributed by atoms with Gasteiger partial charge in [0.15, 0.2) is 0 Å². The molecular formula is C12H14ClN3O3. The Morgan fingerprint density at radius 1 is 1.47 bits per heavy atom. The van der Waals surface area contributed by atoms with Crippen molar-refractivity contribution in [2.45, 2.75) is 25.3 Å². The van der Waals surface area contributed by atoms with Crippen molar-refractivity contribution >= 4 is 28.9 Å². The van der Waals surface area contributed by atoms with Crippen molar-refractivity contribution in [3.05, 3.63) is 33.3 Å². The number of benzene rings is 1. The number of nitrogens with one attached hydrogen (secondary N) is 2. The van der Waals surface area contributed by atoms with E-state index in [0.29, 0.717) is 24.7 Å².